The van der Waals surface area contributed by atoms with Crippen LogP contribution in [0.3, 0.4) is 0 Å². The van der Waals surface area contributed by atoms with Crippen molar-refractivity contribution < 1.29 is 18.7 Å². The highest BCUT2D eigenvalue weighted by Gasteiger charge is 2.29. The van der Waals surface area contributed by atoms with E-state index in [0.29, 0.717) is 30.0 Å². The lowest BCUT2D eigenvalue weighted by molar-refractivity contribution is 0.0790. The van der Waals surface area contributed by atoms with E-state index >= 15 is 0 Å². The van der Waals surface area contributed by atoms with E-state index in [0.717, 1.165) is 12.1 Å². The lowest BCUT2D eigenvalue weighted by Gasteiger charge is -2.18. The average molecular weight is 447 g/mol. The molecule has 0 spiro atoms. The van der Waals surface area contributed by atoms with Crippen LogP contribution in [-0.2, 0) is 6.54 Å². The van der Waals surface area contributed by atoms with Crippen molar-refractivity contribution in [3.05, 3.63) is 71.3 Å². The molecule has 7 nitrogen and oxygen atoms in total. The first-order valence-corrected chi connectivity index (χ1v) is 9.72. The van der Waals surface area contributed by atoms with Gasteiger partial charge in [-0.05, 0) is 48.4 Å². The van der Waals surface area contributed by atoms with Crippen LogP contribution in [0.15, 0.2) is 48.7 Å². The quantitative estimate of drug-likeness (QED) is 0.599. The first-order valence-electron chi connectivity index (χ1n) is 9.72. The van der Waals surface area contributed by atoms with Crippen molar-refractivity contribution in [1.29, 1.82) is 0 Å². The highest BCUT2D eigenvalue weighted by Crippen LogP contribution is 2.35. The second-order valence-corrected chi connectivity index (χ2v) is 7.19. The molecule has 0 aliphatic carbocycles. The number of rotatable bonds is 6. The van der Waals surface area contributed by atoms with Crippen molar-refractivity contribution in [2.45, 2.75) is 18.9 Å². The minimum Gasteiger partial charge on any atom is -0.493 e. The van der Waals surface area contributed by atoms with E-state index in [9.17, 15) is 9.18 Å². The van der Waals surface area contributed by atoms with Crippen LogP contribution >= 0.6 is 12.4 Å². The summed E-state index contributed by atoms with van der Waals surface area (Å²) >= 11 is 0. The molecule has 1 fully saturated rings. The molecule has 164 valence electrons. The Morgan fingerprint density at radius 2 is 2.03 bits per heavy atom. The van der Waals surface area contributed by atoms with Crippen LogP contribution in [0.1, 0.15) is 34.0 Å². The Kier molecular flexibility index (Phi) is 7.14. The van der Waals surface area contributed by atoms with Gasteiger partial charge in [-0.2, -0.15) is 5.10 Å². The van der Waals surface area contributed by atoms with Crippen LogP contribution in [0.5, 0.6) is 17.2 Å². The molecule has 4 rings (SSSR count). The zero-order valence-electron chi connectivity index (χ0n) is 17.0. The third-order valence-corrected chi connectivity index (χ3v) is 5.30. The van der Waals surface area contributed by atoms with Gasteiger partial charge in [-0.1, -0.05) is 6.07 Å². The van der Waals surface area contributed by atoms with Crippen LogP contribution in [0.2, 0.25) is 0 Å². The summed E-state index contributed by atoms with van der Waals surface area (Å²) in [4.78, 5) is 14.8. The number of nitrogens with one attached hydrogen (secondary N) is 1. The second-order valence-electron chi connectivity index (χ2n) is 7.19. The number of halogens is 2. The fourth-order valence-corrected chi connectivity index (χ4v) is 3.64. The van der Waals surface area contributed by atoms with Gasteiger partial charge < -0.3 is 20.1 Å². The predicted molar refractivity (Wildman–Crippen MR) is 116 cm³/mol. The van der Waals surface area contributed by atoms with Crippen LogP contribution in [0, 0.1) is 5.82 Å². The van der Waals surface area contributed by atoms with Gasteiger partial charge in [0.1, 0.15) is 0 Å². The van der Waals surface area contributed by atoms with Gasteiger partial charge in [0.2, 0.25) is 0 Å². The number of amides is 1. The van der Waals surface area contributed by atoms with Crippen molar-refractivity contribution in [2.75, 3.05) is 20.2 Å². The number of hydrogen-bond donors (Lipinski definition) is 2. The summed E-state index contributed by atoms with van der Waals surface area (Å²) in [5.41, 5.74) is 7.69. The summed E-state index contributed by atoms with van der Waals surface area (Å²) in [5.74, 6) is 0.316. The van der Waals surface area contributed by atoms with Crippen molar-refractivity contribution in [2.24, 2.45) is 5.73 Å². The summed E-state index contributed by atoms with van der Waals surface area (Å²) in [6.07, 6.45) is 2.58. The Labute approximate surface area is 185 Å². The fourth-order valence-electron chi connectivity index (χ4n) is 3.64. The maximum absolute atomic E-state index is 14.3. The molecular weight excluding hydrogens is 423 g/mol. The number of nitrogens with zero attached hydrogens (tertiary/aromatic N) is 2. The SMILES string of the molecule is COc1ccc(C(=O)N2CCC(c3ccn[nH]3)C2)cc1Oc1ccc(CN)cc1F.Cl. The number of nitrogens with two attached hydrogens (primary N) is 1. The van der Waals surface area contributed by atoms with Gasteiger partial charge in [0.05, 0.1) is 7.11 Å². The topological polar surface area (TPSA) is 93.5 Å². The predicted octanol–water partition coefficient (Wildman–Crippen LogP) is 3.86. The number of carbonyl (C=O) groups is 1. The van der Waals surface area contributed by atoms with Gasteiger partial charge in [-0.3, -0.25) is 9.89 Å². The van der Waals surface area contributed by atoms with Crippen LogP contribution in [0.4, 0.5) is 4.39 Å². The molecule has 31 heavy (non-hydrogen) atoms. The van der Waals surface area contributed by atoms with Crippen molar-refractivity contribution in [3.63, 3.8) is 0 Å². The summed E-state index contributed by atoms with van der Waals surface area (Å²) in [5, 5.41) is 6.96. The lowest BCUT2D eigenvalue weighted by Crippen LogP contribution is -2.28. The number of likely N-dealkylation sites (tertiary alicyclic amines) is 1. The number of carbonyl (C=O) groups excluding carboxylic acids is 1. The molecule has 1 aromatic heterocycles. The molecule has 1 aliphatic rings. The number of benzene rings is 2. The molecule has 1 atom stereocenters. The summed E-state index contributed by atoms with van der Waals surface area (Å²) < 4.78 is 25.4. The maximum atomic E-state index is 14.3. The van der Waals surface area contributed by atoms with Crippen molar-refractivity contribution >= 4 is 18.3 Å². The molecule has 1 unspecified atom stereocenters. The number of aromatic nitrogens is 2. The van der Waals surface area contributed by atoms with Gasteiger partial charge >= 0.3 is 0 Å². The normalized spacial score (nSPS) is 15.5. The zero-order valence-corrected chi connectivity index (χ0v) is 17.8. The Hall–Kier alpha value is -3.10. The lowest BCUT2D eigenvalue weighted by atomic mass is 10.1. The Morgan fingerprint density at radius 1 is 1.23 bits per heavy atom. The fraction of sp³-hybridized carbons (Fsp3) is 0.273. The third-order valence-electron chi connectivity index (χ3n) is 5.30. The third kappa shape index (κ3) is 4.81. The molecule has 3 aromatic rings. The second kappa shape index (κ2) is 9.80. The molecule has 9 heteroatoms. The molecule has 1 amide bonds. The minimum absolute atomic E-state index is 0. The van der Waals surface area contributed by atoms with Crippen molar-refractivity contribution in [1.82, 2.24) is 15.1 Å². The standard InChI is InChI=1S/C22H23FN4O3.ClH/c1-29-20-5-3-15(11-21(20)30-19-4-2-14(12-24)10-17(19)23)22(28)27-9-7-16(13-27)18-6-8-25-26-18;/h2-6,8,10-11,16H,7,9,12-13,24H2,1H3,(H,25,26);1H. The number of H-pyrrole nitrogens is 1. The molecule has 0 saturated carbocycles. The average Bonchev–Trinajstić information content (AvgIpc) is 3.46. The summed E-state index contributed by atoms with van der Waals surface area (Å²) in [6.45, 7) is 1.50. The van der Waals surface area contributed by atoms with E-state index < -0.39 is 5.82 Å². The smallest absolute Gasteiger partial charge is 0.254 e. The van der Waals surface area contributed by atoms with E-state index in [1.165, 1.54) is 19.2 Å². The summed E-state index contributed by atoms with van der Waals surface area (Å²) in [6, 6.07) is 11.4. The first kappa shape index (κ1) is 22.6. The number of ether oxygens (including phenoxy) is 2. The monoisotopic (exact) mass is 446 g/mol. The highest BCUT2D eigenvalue weighted by molar-refractivity contribution is 5.95. The Balaban J connectivity index is 0.00000272. The number of hydrogen-bond acceptors (Lipinski definition) is 5. The summed E-state index contributed by atoms with van der Waals surface area (Å²) in [7, 11) is 1.49. The number of aromatic amines is 1. The van der Waals surface area contributed by atoms with E-state index in [1.54, 1.807) is 35.4 Å². The van der Waals surface area contributed by atoms with E-state index in [1.807, 2.05) is 6.07 Å². The molecule has 1 aliphatic heterocycles. The molecule has 0 bridgehead atoms. The van der Waals surface area contributed by atoms with Gasteiger partial charge in [0, 0.05) is 43.0 Å². The Bertz CT molecular complexity index is 1050. The minimum atomic E-state index is -0.529. The zero-order chi connectivity index (χ0) is 21.1. The van der Waals surface area contributed by atoms with Gasteiger partial charge in [-0.25, -0.2) is 4.39 Å². The molecule has 2 heterocycles. The molecule has 3 N–H and O–H groups in total. The number of methoxy groups -OCH3 is 1. The maximum Gasteiger partial charge on any atom is 0.254 e. The van der Waals surface area contributed by atoms with Crippen LogP contribution < -0.4 is 15.2 Å². The molecule has 1 saturated heterocycles. The van der Waals surface area contributed by atoms with Gasteiger partial charge in [-0.15, -0.1) is 12.4 Å². The first-order chi connectivity index (χ1) is 14.6. The van der Waals surface area contributed by atoms with Crippen LogP contribution in [-0.4, -0.2) is 41.2 Å². The largest absolute Gasteiger partial charge is 0.493 e. The van der Waals surface area contributed by atoms with E-state index in [2.05, 4.69) is 10.2 Å². The van der Waals surface area contributed by atoms with Crippen molar-refractivity contribution in [3.8, 4) is 17.2 Å². The highest BCUT2D eigenvalue weighted by atomic mass is 35.5. The Morgan fingerprint density at radius 3 is 2.71 bits per heavy atom. The molecule has 0 radical (unpaired) electrons. The van der Waals surface area contributed by atoms with E-state index in [4.69, 9.17) is 15.2 Å². The molecular formula is C22H24ClFN4O3. The molecule has 2 aromatic carbocycles. The van der Waals surface area contributed by atoms with E-state index in [-0.39, 0.29) is 42.3 Å². The van der Waals surface area contributed by atoms with Gasteiger partial charge in [0.15, 0.2) is 23.1 Å². The van der Waals surface area contributed by atoms with Gasteiger partial charge in [0.25, 0.3) is 5.91 Å². The van der Waals surface area contributed by atoms with Crippen LogP contribution in [0.25, 0.3) is 0 Å².